The molecule has 0 saturated carbocycles. The first-order valence-electron chi connectivity index (χ1n) is 11.8. The molecule has 0 N–H and O–H groups in total. The summed E-state index contributed by atoms with van der Waals surface area (Å²) in [7, 11) is 0. The maximum absolute atomic E-state index is 2.34. The van der Waals surface area contributed by atoms with Gasteiger partial charge in [-0.25, -0.2) is 0 Å². The molecular weight excluding hydrogens is 384 g/mol. The van der Waals surface area contributed by atoms with Crippen LogP contribution in [-0.4, -0.2) is 0 Å². The molecular formula is C32H35. The van der Waals surface area contributed by atoms with Crippen molar-refractivity contribution in [1.82, 2.24) is 0 Å². The van der Waals surface area contributed by atoms with Gasteiger partial charge in [0, 0.05) is 5.92 Å². The number of benzene rings is 4. The second kappa shape index (κ2) is 9.33. The fourth-order valence-corrected chi connectivity index (χ4v) is 5.65. The molecule has 0 aromatic heterocycles. The first-order valence-corrected chi connectivity index (χ1v) is 11.8. The van der Waals surface area contributed by atoms with Crippen LogP contribution >= 0.6 is 0 Å². The normalized spacial score (nSPS) is 11.5. The van der Waals surface area contributed by atoms with Crippen molar-refractivity contribution < 1.29 is 0 Å². The second-order valence-electron chi connectivity index (χ2n) is 9.52. The number of aryl methyl sites for hydroxylation is 7. The molecule has 32 heavy (non-hydrogen) atoms. The first-order chi connectivity index (χ1) is 15.3. The standard InChI is InChI=1S/C32H35/c1-21-17-23(3)31(24(4)18-21)30(32-25(5)19-22(2)20-26(32)6)16-10-14-28-13-9-12-27-11-7-8-15-29(27)28/h7-9,11-13,15,17-20H,10,14,16H2,1-6H3. The smallest absolute Gasteiger partial charge is 0.0351 e. The van der Waals surface area contributed by atoms with E-state index in [1.807, 2.05) is 0 Å². The minimum atomic E-state index is 1.08. The van der Waals surface area contributed by atoms with Gasteiger partial charge in [-0.2, -0.15) is 0 Å². The van der Waals surface area contributed by atoms with Crippen molar-refractivity contribution in [2.45, 2.75) is 60.8 Å². The van der Waals surface area contributed by atoms with Crippen molar-refractivity contribution in [3.05, 3.63) is 123 Å². The van der Waals surface area contributed by atoms with Crippen molar-refractivity contribution >= 4 is 10.8 Å². The zero-order chi connectivity index (χ0) is 22.8. The monoisotopic (exact) mass is 419 g/mol. The molecule has 0 fully saturated rings. The van der Waals surface area contributed by atoms with E-state index in [1.54, 1.807) is 0 Å². The summed E-state index contributed by atoms with van der Waals surface area (Å²) < 4.78 is 0. The summed E-state index contributed by atoms with van der Waals surface area (Å²) in [4.78, 5) is 0. The van der Waals surface area contributed by atoms with Crippen molar-refractivity contribution in [2.75, 3.05) is 0 Å². The number of rotatable bonds is 6. The third-order valence-corrected chi connectivity index (χ3v) is 6.71. The van der Waals surface area contributed by atoms with Gasteiger partial charge in [-0.05, 0) is 111 Å². The molecule has 0 aliphatic rings. The van der Waals surface area contributed by atoms with Gasteiger partial charge in [-0.1, -0.05) is 77.9 Å². The molecule has 4 aromatic carbocycles. The Bertz CT molecular complexity index is 1150. The van der Waals surface area contributed by atoms with Crippen molar-refractivity contribution in [2.24, 2.45) is 0 Å². The molecule has 0 unspecified atom stereocenters. The highest BCUT2D eigenvalue weighted by Gasteiger charge is 2.23. The summed E-state index contributed by atoms with van der Waals surface area (Å²) in [6.07, 6.45) is 3.32. The Kier molecular flexibility index (Phi) is 6.51. The van der Waals surface area contributed by atoms with E-state index in [1.165, 1.54) is 66.8 Å². The number of fused-ring (bicyclic) bond motifs is 1. The van der Waals surface area contributed by atoms with Crippen LogP contribution < -0.4 is 0 Å². The van der Waals surface area contributed by atoms with E-state index in [0.717, 1.165) is 19.3 Å². The predicted molar refractivity (Wildman–Crippen MR) is 140 cm³/mol. The minimum absolute atomic E-state index is 1.08. The molecule has 0 heterocycles. The van der Waals surface area contributed by atoms with Crippen LogP contribution in [0.25, 0.3) is 10.8 Å². The molecule has 0 aliphatic carbocycles. The molecule has 0 nitrogen and oxygen atoms in total. The molecule has 0 aliphatic heterocycles. The summed E-state index contributed by atoms with van der Waals surface area (Å²) in [6, 6.07) is 24.8. The fourth-order valence-electron chi connectivity index (χ4n) is 5.65. The summed E-state index contributed by atoms with van der Waals surface area (Å²) in [5, 5.41) is 2.73. The Morgan fingerprint density at radius 2 is 1.09 bits per heavy atom. The van der Waals surface area contributed by atoms with Crippen molar-refractivity contribution in [3.63, 3.8) is 0 Å². The molecule has 163 valence electrons. The molecule has 4 rings (SSSR count). The van der Waals surface area contributed by atoms with E-state index in [4.69, 9.17) is 0 Å². The number of hydrogen-bond donors (Lipinski definition) is 0. The molecule has 0 bridgehead atoms. The molecule has 0 amide bonds. The van der Waals surface area contributed by atoms with Gasteiger partial charge in [-0.15, -0.1) is 0 Å². The van der Waals surface area contributed by atoms with Crippen LogP contribution in [0.15, 0.2) is 66.7 Å². The summed E-state index contributed by atoms with van der Waals surface area (Å²) in [5.74, 6) is 1.51. The van der Waals surface area contributed by atoms with Crippen LogP contribution in [-0.2, 0) is 6.42 Å². The summed E-state index contributed by atoms with van der Waals surface area (Å²) >= 11 is 0. The van der Waals surface area contributed by atoms with Crippen LogP contribution in [0, 0.1) is 47.5 Å². The number of hydrogen-bond acceptors (Lipinski definition) is 0. The van der Waals surface area contributed by atoms with Crippen molar-refractivity contribution in [1.29, 1.82) is 0 Å². The minimum Gasteiger partial charge on any atom is -0.0616 e. The Morgan fingerprint density at radius 1 is 0.594 bits per heavy atom. The van der Waals surface area contributed by atoms with Crippen LogP contribution in [0.2, 0.25) is 0 Å². The van der Waals surface area contributed by atoms with Crippen LogP contribution in [0.3, 0.4) is 0 Å². The SMILES string of the molecule is Cc1cc(C)c([C](CCCc2cccc3ccccc23)c2c(C)cc(C)cc2C)c(C)c1. The lowest BCUT2D eigenvalue weighted by Gasteiger charge is -2.26. The second-order valence-corrected chi connectivity index (χ2v) is 9.52. The van der Waals surface area contributed by atoms with Gasteiger partial charge in [0.1, 0.15) is 0 Å². The van der Waals surface area contributed by atoms with Gasteiger partial charge in [0.25, 0.3) is 0 Å². The quantitative estimate of drug-likeness (QED) is 0.293. The summed E-state index contributed by atoms with van der Waals surface area (Å²) in [6.45, 7) is 13.5. The third-order valence-electron chi connectivity index (χ3n) is 6.71. The Balaban J connectivity index is 1.71. The van der Waals surface area contributed by atoms with Gasteiger partial charge in [-0.3, -0.25) is 0 Å². The zero-order valence-corrected chi connectivity index (χ0v) is 20.5. The highest BCUT2D eigenvalue weighted by molar-refractivity contribution is 5.85. The van der Waals surface area contributed by atoms with Gasteiger partial charge in [0.05, 0.1) is 0 Å². The molecule has 1 radical (unpaired) electrons. The molecule has 0 heteroatoms. The van der Waals surface area contributed by atoms with Crippen molar-refractivity contribution in [3.8, 4) is 0 Å². The molecule has 0 spiro atoms. The topological polar surface area (TPSA) is 0 Å². The van der Waals surface area contributed by atoms with Crippen LogP contribution in [0.5, 0.6) is 0 Å². The zero-order valence-electron chi connectivity index (χ0n) is 20.5. The molecule has 4 aromatic rings. The van der Waals surface area contributed by atoms with Gasteiger partial charge < -0.3 is 0 Å². The van der Waals surface area contributed by atoms with E-state index >= 15 is 0 Å². The Morgan fingerprint density at radius 3 is 1.66 bits per heavy atom. The average molecular weight is 420 g/mol. The highest BCUT2D eigenvalue weighted by Crippen LogP contribution is 2.37. The lowest BCUT2D eigenvalue weighted by molar-refractivity contribution is 0.770. The van der Waals surface area contributed by atoms with Crippen LogP contribution in [0.1, 0.15) is 62.9 Å². The van der Waals surface area contributed by atoms with Gasteiger partial charge in [0.15, 0.2) is 0 Å². The molecule has 0 saturated heterocycles. The van der Waals surface area contributed by atoms with E-state index < -0.39 is 0 Å². The lowest BCUT2D eigenvalue weighted by atomic mass is 9.78. The fraction of sp³-hybridized carbons (Fsp3) is 0.281. The predicted octanol–water partition coefficient (Wildman–Crippen LogP) is 8.68. The maximum Gasteiger partial charge on any atom is 0.0351 e. The van der Waals surface area contributed by atoms with E-state index in [0.29, 0.717) is 0 Å². The molecule has 0 atom stereocenters. The van der Waals surface area contributed by atoms with E-state index in [9.17, 15) is 0 Å². The maximum atomic E-state index is 2.34. The van der Waals surface area contributed by atoms with E-state index in [-0.39, 0.29) is 0 Å². The largest absolute Gasteiger partial charge is 0.0616 e. The average Bonchev–Trinajstić information content (AvgIpc) is 2.72. The van der Waals surface area contributed by atoms with E-state index in [2.05, 4.69) is 108 Å². The lowest BCUT2D eigenvalue weighted by Crippen LogP contribution is -2.11. The Labute approximate surface area is 194 Å². The summed E-state index contributed by atoms with van der Waals surface area (Å²) in [5.41, 5.74) is 12.6. The van der Waals surface area contributed by atoms with Crippen LogP contribution in [0.4, 0.5) is 0 Å². The van der Waals surface area contributed by atoms with Gasteiger partial charge >= 0.3 is 0 Å². The highest BCUT2D eigenvalue weighted by atomic mass is 14.3. The first kappa shape index (κ1) is 22.3. The Hall–Kier alpha value is -2.86. The van der Waals surface area contributed by atoms with Gasteiger partial charge in [0.2, 0.25) is 0 Å². The third kappa shape index (κ3) is 4.51.